The van der Waals surface area contributed by atoms with Crippen LogP contribution < -0.4 is 0 Å². The van der Waals surface area contributed by atoms with Gasteiger partial charge in [0.2, 0.25) is 10.0 Å². The summed E-state index contributed by atoms with van der Waals surface area (Å²) in [6.07, 6.45) is 0. The van der Waals surface area contributed by atoms with Gasteiger partial charge < -0.3 is 0 Å². The summed E-state index contributed by atoms with van der Waals surface area (Å²) in [4.78, 5) is 0.443. The summed E-state index contributed by atoms with van der Waals surface area (Å²) in [5, 5.41) is 0. The molecule has 1 aliphatic heterocycles. The van der Waals surface area contributed by atoms with Crippen LogP contribution in [0.3, 0.4) is 0 Å². The van der Waals surface area contributed by atoms with E-state index < -0.39 is 10.0 Å². The number of hydrogen-bond acceptors (Lipinski definition) is 2. The molecule has 1 aromatic rings. The van der Waals surface area contributed by atoms with Gasteiger partial charge in [-0.1, -0.05) is 32.0 Å². The number of nitrogens with zero attached hydrogens (tertiary/aromatic N) is 1. The molecular weight excluding hydrogens is 222 g/mol. The van der Waals surface area contributed by atoms with E-state index in [0.29, 0.717) is 17.4 Å². The van der Waals surface area contributed by atoms with Gasteiger partial charge in [0.1, 0.15) is 0 Å². The molecule has 0 bridgehead atoms. The van der Waals surface area contributed by atoms with E-state index in [1.165, 1.54) is 0 Å². The third kappa shape index (κ3) is 1.87. The Morgan fingerprint density at radius 1 is 1.31 bits per heavy atom. The highest BCUT2D eigenvalue weighted by atomic mass is 32.2. The minimum absolute atomic E-state index is 0.185. The Kier molecular flexibility index (Phi) is 2.80. The van der Waals surface area contributed by atoms with Crippen molar-refractivity contribution in [3.8, 4) is 0 Å². The average molecular weight is 239 g/mol. The number of hydrogen-bond donors (Lipinski definition) is 0. The molecule has 4 heteroatoms. The first-order chi connectivity index (χ1) is 7.44. The van der Waals surface area contributed by atoms with Crippen molar-refractivity contribution in [1.82, 2.24) is 4.31 Å². The lowest BCUT2D eigenvalue weighted by molar-refractivity contribution is 0.517. The highest BCUT2D eigenvalue weighted by Crippen LogP contribution is 2.33. The van der Waals surface area contributed by atoms with Gasteiger partial charge in [-0.05, 0) is 24.5 Å². The Labute approximate surface area is 97.1 Å². The molecule has 0 saturated carbocycles. The van der Waals surface area contributed by atoms with E-state index in [-0.39, 0.29) is 6.04 Å². The lowest BCUT2D eigenvalue weighted by atomic mass is 10.1. The number of sulfonamides is 1. The van der Waals surface area contributed by atoms with Crippen LogP contribution in [0.2, 0.25) is 0 Å². The Morgan fingerprint density at radius 2 is 1.94 bits per heavy atom. The summed E-state index contributed by atoms with van der Waals surface area (Å²) in [6, 6.07) is 7.33. The minimum Gasteiger partial charge on any atom is -0.207 e. The molecule has 0 radical (unpaired) electrons. The molecule has 1 saturated heterocycles. The molecular formula is C12H17NO2S. The molecule has 1 aromatic carbocycles. The standard InChI is InChI=1S/C12H17NO2S/c1-9(2)11-8-13(11)16(14,15)12-7-5-4-6-10(12)3/h4-7,9,11H,8H2,1-3H3/t11?,13-/m1/s1. The van der Waals surface area contributed by atoms with Crippen LogP contribution in [0.5, 0.6) is 0 Å². The molecule has 0 amide bonds. The van der Waals surface area contributed by atoms with E-state index in [0.717, 1.165) is 5.56 Å². The van der Waals surface area contributed by atoms with E-state index in [9.17, 15) is 8.42 Å². The third-order valence-corrected chi connectivity index (χ3v) is 5.10. The summed E-state index contributed by atoms with van der Waals surface area (Å²) in [5.41, 5.74) is 0.817. The van der Waals surface area contributed by atoms with Crippen molar-refractivity contribution in [3.05, 3.63) is 29.8 Å². The maximum atomic E-state index is 12.3. The molecule has 1 unspecified atom stereocenters. The van der Waals surface area contributed by atoms with Crippen LogP contribution in [0.4, 0.5) is 0 Å². The molecule has 1 heterocycles. The van der Waals surface area contributed by atoms with Gasteiger partial charge in [-0.25, -0.2) is 8.42 Å². The zero-order valence-electron chi connectivity index (χ0n) is 9.84. The van der Waals surface area contributed by atoms with Crippen molar-refractivity contribution in [3.63, 3.8) is 0 Å². The second-order valence-electron chi connectivity index (χ2n) is 4.65. The molecule has 1 fully saturated rings. The highest BCUT2D eigenvalue weighted by molar-refractivity contribution is 7.89. The zero-order chi connectivity index (χ0) is 11.9. The van der Waals surface area contributed by atoms with Crippen molar-refractivity contribution < 1.29 is 8.42 Å². The molecule has 0 spiro atoms. The Balaban J connectivity index is 2.32. The topological polar surface area (TPSA) is 37.1 Å². The summed E-state index contributed by atoms with van der Waals surface area (Å²) < 4.78 is 26.1. The molecule has 16 heavy (non-hydrogen) atoms. The van der Waals surface area contributed by atoms with Gasteiger partial charge in [-0.2, -0.15) is 4.31 Å². The van der Waals surface area contributed by atoms with Crippen molar-refractivity contribution in [2.24, 2.45) is 5.92 Å². The SMILES string of the molecule is Cc1ccccc1S(=O)(=O)[N@]1CC1C(C)C. The van der Waals surface area contributed by atoms with E-state index in [2.05, 4.69) is 13.8 Å². The maximum absolute atomic E-state index is 12.3. The van der Waals surface area contributed by atoms with Gasteiger partial charge in [-0.15, -0.1) is 0 Å². The first kappa shape index (κ1) is 11.6. The summed E-state index contributed by atoms with van der Waals surface area (Å²) in [6.45, 7) is 6.60. The fraction of sp³-hybridized carbons (Fsp3) is 0.500. The number of rotatable bonds is 3. The van der Waals surface area contributed by atoms with Crippen molar-refractivity contribution >= 4 is 10.0 Å². The Hall–Kier alpha value is -0.870. The van der Waals surface area contributed by atoms with Crippen molar-refractivity contribution in [1.29, 1.82) is 0 Å². The van der Waals surface area contributed by atoms with Crippen LogP contribution >= 0.6 is 0 Å². The average Bonchev–Trinajstić information content (AvgIpc) is 2.97. The summed E-state index contributed by atoms with van der Waals surface area (Å²) in [7, 11) is -3.26. The molecule has 0 aliphatic carbocycles. The number of benzene rings is 1. The minimum atomic E-state index is -3.26. The van der Waals surface area contributed by atoms with Gasteiger partial charge in [0.05, 0.1) is 4.90 Å². The lowest BCUT2D eigenvalue weighted by Crippen LogP contribution is -2.17. The quantitative estimate of drug-likeness (QED) is 0.757. The molecule has 0 aromatic heterocycles. The van der Waals surface area contributed by atoms with Gasteiger partial charge in [-0.3, -0.25) is 0 Å². The molecule has 0 N–H and O–H groups in total. The fourth-order valence-electron chi connectivity index (χ4n) is 1.93. The summed E-state index contributed by atoms with van der Waals surface area (Å²) in [5.74, 6) is 0.388. The third-order valence-electron chi connectivity index (χ3n) is 3.05. The summed E-state index contributed by atoms with van der Waals surface area (Å²) >= 11 is 0. The molecule has 2 atom stereocenters. The molecule has 2 rings (SSSR count). The van der Waals surface area contributed by atoms with Gasteiger partial charge in [0, 0.05) is 12.6 Å². The molecule has 3 nitrogen and oxygen atoms in total. The first-order valence-electron chi connectivity index (χ1n) is 5.52. The van der Waals surface area contributed by atoms with E-state index in [1.807, 2.05) is 19.1 Å². The first-order valence-corrected chi connectivity index (χ1v) is 6.96. The van der Waals surface area contributed by atoms with E-state index in [1.54, 1.807) is 16.4 Å². The van der Waals surface area contributed by atoms with E-state index in [4.69, 9.17) is 0 Å². The van der Waals surface area contributed by atoms with Gasteiger partial charge in [0.15, 0.2) is 0 Å². The van der Waals surface area contributed by atoms with Gasteiger partial charge in [0.25, 0.3) is 0 Å². The monoisotopic (exact) mass is 239 g/mol. The Bertz CT molecular complexity index is 493. The predicted molar refractivity (Wildman–Crippen MR) is 63.7 cm³/mol. The lowest BCUT2D eigenvalue weighted by Gasteiger charge is -2.10. The van der Waals surface area contributed by atoms with Crippen LogP contribution in [-0.2, 0) is 10.0 Å². The smallest absolute Gasteiger partial charge is 0.207 e. The fourth-order valence-corrected chi connectivity index (χ4v) is 3.86. The van der Waals surface area contributed by atoms with E-state index >= 15 is 0 Å². The highest BCUT2D eigenvalue weighted by Gasteiger charge is 2.46. The van der Waals surface area contributed by atoms with Gasteiger partial charge >= 0.3 is 0 Å². The maximum Gasteiger partial charge on any atom is 0.243 e. The van der Waals surface area contributed by atoms with Crippen LogP contribution in [0.25, 0.3) is 0 Å². The van der Waals surface area contributed by atoms with Crippen LogP contribution in [0, 0.1) is 12.8 Å². The zero-order valence-corrected chi connectivity index (χ0v) is 10.7. The molecule has 88 valence electrons. The second kappa shape index (κ2) is 3.86. The van der Waals surface area contributed by atoms with Crippen molar-refractivity contribution in [2.45, 2.75) is 31.7 Å². The van der Waals surface area contributed by atoms with Crippen LogP contribution in [0.15, 0.2) is 29.2 Å². The Morgan fingerprint density at radius 3 is 2.44 bits per heavy atom. The van der Waals surface area contributed by atoms with Crippen molar-refractivity contribution in [2.75, 3.05) is 6.54 Å². The number of aryl methyl sites for hydroxylation is 1. The largest absolute Gasteiger partial charge is 0.243 e. The normalized spacial score (nSPS) is 24.8. The molecule has 1 aliphatic rings. The van der Waals surface area contributed by atoms with Crippen LogP contribution in [-0.4, -0.2) is 25.3 Å². The second-order valence-corrected chi connectivity index (χ2v) is 6.51. The predicted octanol–water partition coefficient (Wildman–Crippen LogP) is 2.02. The van der Waals surface area contributed by atoms with Crippen LogP contribution in [0.1, 0.15) is 19.4 Å².